The molecule has 0 aliphatic heterocycles. The summed E-state index contributed by atoms with van der Waals surface area (Å²) in [7, 11) is 0. The fourth-order valence-electron chi connectivity index (χ4n) is 1.50. The van der Waals surface area contributed by atoms with Crippen LogP contribution in [0.1, 0.15) is 11.1 Å². The lowest BCUT2D eigenvalue weighted by Gasteiger charge is -2.09. The molecule has 1 aromatic carbocycles. The monoisotopic (exact) mass is 277 g/mol. The third-order valence-electron chi connectivity index (χ3n) is 2.43. The van der Waals surface area contributed by atoms with E-state index in [1.165, 1.54) is 0 Å². The largest absolute Gasteiger partial charge is 0.380 e. The van der Waals surface area contributed by atoms with Crippen molar-refractivity contribution in [2.45, 2.75) is 6.54 Å². The van der Waals surface area contributed by atoms with Crippen molar-refractivity contribution in [2.24, 2.45) is 0 Å². The maximum Gasteiger partial charge on any atom is 0.101 e. The predicted octanol–water partition coefficient (Wildman–Crippen LogP) is 3.87. The van der Waals surface area contributed by atoms with Gasteiger partial charge in [0, 0.05) is 24.0 Å². The lowest BCUT2D eigenvalue weighted by atomic mass is 10.2. The van der Waals surface area contributed by atoms with E-state index in [2.05, 4.69) is 16.4 Å². The van der Waals surface area contributed by atoms with Crippen molar-refractivity contribution in [2.75, 3.05) is 5.32 Å². The zero-order chi connectivity index (χ0) is 13.0. The molecule has 18 heavy (non-hydrogen) atoms. The summed E-state index contributed by atoms with van der Waals surface area (Å²) in [5.41, 5.74) is 2.15. The van der Waals surface area contributed by atoms with E-state index in [0.29, 0.717) is 27.8 Å². The van der Waals surface area contributed by atoms with Gasteiger partial charge >= 0.3 is 0 Å². The molecule has 0 fully saturated rings. The fraction of sp³-hybridized carbons (Fsp3) is 0.0769. The number of nitrogens with zero attached hydrogens (tertiary/aromatic N) is 2. The van der Waals surface area contributed by atoms with E-state index in [0.717, 1.165) is 5.56 Å². The molecule has 90 valence electrons. The number of nitrogens with one attached hydrogen (secondary N) is 1. The predicted molar refractivity (Wildman–Crippen MR) is 72.7 cm³/mol. The van der Waals surface area contributed by atoms with Crippen LogP contribution in [0.3, 0.4) is 0 Å². The van der Waals surface area contributed by atoms with Gasteiger partial charge in [0.25, 0.3) is 0 Å². The molecule has 0 bridgehead atoms. The summed E-state index contributed by atoms with van der Waals surface area (Å²) in [6, 6.07) is 9.01. The van der Waals surface area contributed by atoms with Gasteiger partial charge in [-0.3, -0.25) is 4.98 Å². The standard InChI is InChI=1S/C13H9Cl2N3/c14-11-2-1-9(6-16)13(5-11)18-7-10-3-4-17-8-12(10)15/h1-5,8,18H,7H2. The summed E-state index contributed by atoms with van der Waals surface area (Å²) in [5, 5.41) is 13.3. The normalized spacial score (nSPS) is 9.83. The van der Waals surface area contributed by atoms with Gasteiger partial charge in [0.05, 0.1) is 16.3 Å². The lowest BCUT2D eigenvalue weighted by molar-refractivity contribution is 1.12. The lowest BCUT2D eigenvalue weighted by Crippen LogP contribution is -2.02. The van der Waals surface area contributed by atoms with Gasteiger partial charge in [-0.1, -0.05) is 23.2 Å². The first-order valence-electron chi connectivity index (χ1n) is 5.22. The van der Waals surface area contributed by atoms with Crippen LogP contribution in [0.25, 0.3) is 0 Å². The molecule has 2 rings (SSSR count). The average molecular weight is 278 g/mol. The Balaban J connectivity index is 2.18. The molecule has 5 heteroatoms. The molecule has 1 heterocycles. The Morgan fingerprint density at radius 3 is 2.83 bits per heavy atom. The minimum atomic E-state index is 0.510. The molecule has 3 nitrogen and oxygen atoms in total. The highest BCUT2D eigenvalue weighted by molar-refractivity contribution is 6.31. The third kappa shape index (κ3) is 2.92. The molecule has 0 saturated heterocycles. The van der Waals surface area contributed by atoms with E-state index in [-0.39, 0.29) is 0 Å². The number of benzene rings is 1. The number of nitriles is 1. The van der Waals surface area contributed by atoms with E-state index in [1.54, 1.807) is 30.6 Å². The summed E-state index contributed by atoms with van der Waals surface area (Å²) in [4.78, 5) is 3.91. The molecule has 0 aliphatic carbocycles. The highest BCUT2D eigenvalue weighted by Crippen LogP contribution is 2.22. The highest BCUT2D eigenvalue weighted by atomic mass is 35.5. The van der Waals surface area contributed by atoms with Crippen LogP contribution in [0.2, 0.25) is 10.0 Å². The Kier molecular flexibility index (Phi) is 4.03. The molecule has 1 aromatic heterocycles. The maximum atomic E-state index is 8.99. The van der Waals surface area contributed by atoms with Crippen LogP contribution < -0.4 is 5.32 Å². The fourth-order valence-corrected chi connectivity index (χ4v) is 1.86. The Morgan fingerprint density at radius 2 is 2.11 bits per heavy atom. The Bertz CT molecular complexity index is 605. The number of aromatic nitrogens is 1. The molecule has 0 saturated carbocycles. The molecule has 2 aromatic rings. The van der Waals surface area contributed by atoms with Crippen LogP contribution >= 0.6 is 23.2 Å². The van der Waals surface area contributed by atoms with Crippen molar-refractivity contribution in [1.82, 2.24) is 4.98 Å². The third-order valence-corrected chi connectivity index (χ3v) is 3.00. The number of pyridine rings is 1. The van der Waals surface area contributed by atoms with Crippen molar-refractivity contribution in [3.8, 4) is 6.07 Å². The van der Waals surface area contributed by atoms with Crippen molar-refractivity contribution in [3.05, 3.63) is 57.8 Å². The van der Waals surface area contributed by atoms with E-state index in [1.807, 2.05) is 6.07 Å². The molecule has 0 radical (unpaired) electrons. The average Bonchev–Trinajstić information content (AvgIpc) is 2.38. The first-order chi connectivity index (χ1) is 8.70. The zero-order valence-electron chi connectivity index (χ0n) is 9.32. The van der Waals surface area contributed by atoms with E-state index in [4.69, 9.17) is 28.5 Å². The van der Waals surface area contributed by atoms with Gasteiger partial charge in [-0.25, -0.2) is 0 Å². The van der Waals surface area contributed by atoms with Gasteiger partial charge in [0.15, 0.2) is 0 Å². The summed E-state index contributed by atoms with van der Waals surface area (Å²) in [5.74, 6) is 0. The minimum absolute atomic E-state index is 0.510. The van der Waals surface area contributed by atoms with E-state index < -0.39 is 0 Å². The minimum Gasteiger partial charge on any atom is -0.380 e. The van der Waals surface area contributed by atoms with Crippen molar-refractivity contribution < 1.29 is 0 Å². The van der Waals surface area contributed by atoms with Gasteiger partial charge < -0.3 is 5.32 Å². The van der Waals surface area contributed by atoms with Crippen LogP contribution in [0.4, 0.5) is 5.69 Å². The SMILES string of the molecule is N#Cc1ccc(Cl)cc1NCc1ccncc1Cl. The molecular weight excluding hydrogens is 269 g/mol. The van der Waals surface area contributed by atoms with Crippen molar-refractivity contribution in [1.29, 1.82) is 5.26 Å². The Hall–Kier alpha value is -1.76. The molecule has 0 spiro atoms. The van der Waals surface area contributed by atoms with E-state index >= 15 is 0 Å². The summed E-state index contributed by atoms with van der Waals surface area (Å²) in [6.07, 6.45) is 3.26. The summed E-state index contributed by atoms with van der Waals surface area (Å²) in [6.45, 7) is 0.510. The smallest absolute Gasteiger partial charge is 0.101 e. The van der Waals surface area contributed by atoms with Gasteiger partial charge in [0.1, 0.15) is 6.07 Å². The number of hydrogen-bond donors (Lipinski definition) is 1. The van der Waals surface area contributed by atoms with Crippen LogP contribution in [0.5, 0.6) is 0 Å². The second-order valence-electron chi connectivity index (χ2n) is 3.62. The summed E-state index contributed by atoms with van der Waals surface area (Å²) >= 11 is 11.9. The molecule has 0 atom stereocenters. The molecule has 0 aliphatic rings. The van der Waals surface area contributed by atoms with Crippen molar-refractivity contribution >= 4 is 28.9 Å². The molecular formula is C13H9Cl2N3. The van der Waals surface area contributed by atoms with Gasteiger partial charge in [-0.2, -0.15) is 5.26 Å². The number of halogens is 2. The molecule has 1 N–H and O–H groups in total. The molecule has 0 unspecified atom stereocenters. The van der Waals surface area contributed by atoms with Gasteiger partial charge in [0.2, 0.25) is 0 Å². The molecule has 0 amide bonds. The topological polar surface area (TPSA) is 48.7 Å². The first kappa shape index (κ1) is 12.7. The quantitative estimate of drug-likeness (QED) is 0.927. The second kappa shape index (κ2) is 5.72. The number of anilines is 1. The van der Waals surface area contributed by atoms with Gasteiger partial charge in [-0.15, -0.1) is 0 Å². The Labute approximate surface area is 115 Å². The van der Waals surface area contributed by atoms with Crippen molar-refractivity contribution in [3.63, 3.8) is 0 Å². The van der Waals surface area contributed by atoms with Crippen LogP contribution in [-0.4, -0.2) is 4.98 Å². The Morgan fingerprint density at radius 1 is 1.28 bits per heavy atom. The zero-order valence-corrected chi connectivity index (χ0v) is 10.8. The van der Waals surface area contributed by atoms with Crippen LogP contribution in [0.15, 0.2) is 36.7 Å². The number of rotatable bonds is 3. The van der Waals surface area contributed by atoms with Gasteiger partial charge in [-0.05, 0) is 29.8 Å². The maximum absolute atomic E-state index is 8.99. The summed E-state index contributed by atoms with van der Waals surface area (Å²) < 4.78 is 0. The number of hydrogen-bond acceptors (Lipinski definition) is 3. The van der Waals surface area contributed by atoms with Crippen LogP contribution in [0, 0.1) is 11.3 Å². The highest BCUT2D eigenvalue weighted by Gasteiger charge is 2.04. The first-order valence-corrected chi connectivity index (χ1v) is 5.98. The second-order valence-corrected chi connectivity index (χ2v) is 4.47. The van der Waals surface area contributed by atoms with Crippen LogP contribution in [-0.2, 0) is 6.54 Å². The van der Waals surface area contributed by atoms with E-state index in [9.17, 15) is 0 Å².